The zero-order valence-corrected chi connectivity index (χ0v) is 19.4. The number of rotatable bonds is 5. The van der Waals surface area contributed by atoms with E-state index in [0.717, 1.165) is 25.3 Å². The Morgan fingerprint density at radius 1 is 1.16 bits per heavy atom. The predicted molar refractivity (Wildman–Crippen MR) is 122 cm³/mol. The summed E-state index contributed by atoms with van der Waals surface area (Å²) < 4.78 is 11.0. The van der Waals surface area contributed by atoms with Gasteiger partial charge < -0.3 is 9.47 Å². The summed E-state index contributed by atoms with van der Waals surface area (Å²) >= 11 is 1.41. The van der Waals surface area contributed by atoms with Crippen LogP contribution in [0.5, 0.6) is 0 Å². The number of nitrogens with zero attached hydrogens (tertiary/aromatic N) is 2. The second kappa shape index (κ2) is 9.76. The van der Waals surface area contributed by atoms with Crippen LogP contribution in [0.25, 0.3) is 0 Å². The van der Waals surface area contributed by atoms with E-state index < -0.39 is 11.7 Å². The molecule has 2 amide bonds. The van der Waals surface area contributed by atoms with Crippen molar-refractivity contribution in [2.45, 2.75) is 59.0 Å². The molecule has 9 heteroatoms. The number of carbonyl (C=O) groups is 2. The van der Waals surface area contributed by atoms with Crippen molar-refractivity contribution >= 4 is 34.2 Å². The Balaban J connectivity index is 1.53. The van der Waals surface area contributed by atoms with E-state index in [1.807, 2.05) is 5.38 Å². The van der Waals surface area contributed by atoms with E-state index in [4.69, 9.17) is 9.47 Å². The fraction of sp³-hybridized carbons (Fsp3) is 0.500. The van der Waals surface area contributed by atoms with Crippen LogP contribution in [0.3, 0.4) is 0 Å². The molecule has 0 bridgehead atoms. The lowest BCUT2D eigenvalue weighted by molar-refractivity contribution is -0.0707. The monoisotopic (exact) mass is 446 g/mol. The lowest BCUT2D eigenvalue weighted by Crippen LogP contribution is -2.44. The van der Waals surface area contributed by atoms with Gasteiger partial charge in [-0.15, -0.1) is 11.3 Å². The van der Waals surface area contributed by atoms with Gasteiger partial charge in [0.25, 0.3) is 5.91 Å². The van der Waals surface area contributed by atoms with Crippen LogP contribution in [0.2, 0.25) is 0 Å². The van der Waals surface area contributed by atoms with Crippen LogP contribution in [0.1, 0.15) is 50.7 Å². The highest BCUT2D eigenvalue weighted by atomic mass is 32.1. The summed E-state index contributed by atoms with van der Waals surface area (Å²) in [5.74, 6) is -0.252. The van der Waals surface area contributed by atoms with Crippen molar-refractivity contribution in [3.8, 4) is 0 Å². The van der Waals surface area contributed by atoms with E-state index in [0.29, 0.717) is 16.4 Å². The van der Waals surface area contributed by atoms with Gasteiger partial charge in [0.2, 0.25) is 0 Å². The SMILES string of the molecule is C[C@@H]1CN(Cc2csc(NC(=O)c3ccc(NC(=O)OC(C)(C)C)cc3)n2)C[C@H](C)O1. The molecule has 1 aliphatic rings. The summed E-state index contributed by atoms with van der Waals surface area (Å²) in [5.41, 5.74) is 1.38. The lowest BCUT2D eigenvalue weighted by Gasteiger charge is -2.34. The van der Waals surface area contributed by atoms with Crippen LogP contribution in [-0.2, 0) is 16.0 Å². The van der Waals surface area contributed by atoms with Gasteiger partial charge in [-0.2, -0.15) is 0 Å². The van der Waals surface area contributed by atoms with Crippen LogP contribution in [-0.4, -0.2) is 52.8 Å². The molecule has 3 rings (SSSR count). The van der Waals surface area contributed by atoms with Crippen molar-refractivity contribution in [3.05, 3.63) is 40.9 Å². The van der Waals surface area contributed by atoms with Crippen LogP contribution < -0.4 is 10.6 Å². The Labute approximate surface area is 186 Å². The molecule has 2 aromatic rings. The number of thiazole rings is 1. The van der Waals surface area contributed by atoms with E-state index in [9.17, 15) is 9.59 Å². The summed E-state index contributed by atoms with van der Waals surface area (Å²) in [7, 11) is 0. The van der Waals surface area contributed by atoms with Gasteiger partial charge in [-0.25, -0.2) is 9.78 Å². The Bertz CT molecular complexity index is 897. The Kier molecular flexibility index (Phi) is 7.30. The summed E-state index contributed by atoms with van der Waals surface area (Å²) in [6, 6.07) is 6.61. The first-order valence-electron chi connectivity index (χ1n) is 10.3. The zero-order chi connectivity index (χ0) is 22.6. The minimum atomic E-state index is -0.575. The normalized spacial score (nSPS) is 19.6. The molecule has 168 valence electrons. The summed E-state index contributed by atoms with van der Waals surface area (Å²) in [6.45, 7) is 12.0. The van der Waals surface area contributed by atoms with Crippen LogP contribution in [0, 0.1) is 0 Å². The maximum atomic E-state index is 12.5. The van der Waals surface area contributed by atoms with Crippen molar-refractivity contribution in [1.29, 1.82) is 0 Å². The first-order valence-corrected chi connectivity index (χ1v) is 11.2. The number of benzene rings is 1. The molecule has 1 aliphatic heterocycles. The number of anilines is 2. The van der Waals surface area contributed by atoms with Gasteiger partial charge in [-0.3, -0.25) is 20.3 Å². The number of amides is 2. The minimum Gasteiger partial charge on any atom is -0.444 e. The summed E-state index contributed by atoms with van der Waals surface area (Å²) in [5, 5.41) is 8.01. The van der Waals surface area contributed by atoms with E-state index in [-0.39, 0.29) is 18.1 Å². The molecular formula is C22H30N4O4S. The van der Waals surface area contributed by atoms with E-state index in [1.54, 1.807) is 45.0 Å². The van der Waals surface area contributed by atoms with Crippen molar-refractivity contribution in [3.63, 3.8) is 0 Å². The maximum absolute atomic E-state index is 12.5. The average Bonchev–Trinajstić information content (AvgIpc) is 3.06. The number of aromatic nitrogens is 1. The molecule has 8 nitrogen and oxygen atoms in total. The maximum Gasteiger partial charge on any atom is 0.412 e. The highest BCUT2D eigenvalue weighted by Crippen LogP contribution is 2.20. The highest BCUT2D eigenvalue weighted by Gasteiger charge is 2.23. The molecule has 31 heavy (non-hydrogen) atoms. The van der Waals surface area contributed by atoms with E-state index >= 15 is 0 Å². The van der Waals surface area contributed by atoms with Crippen LogP contribution >= 0.6 is 11.3 Å². The first kappa shape index (κ1) is 23.2. The Morgan fingerprint density at radius 3 is 2.42 bits per heavy atom. The zero-order valence-electron chi connectivity index (χ0n) is 18.6. The van der Waals surface area contributed by atoms with Gasteiger partial charge in [0.05, 0.1) is 17.9 Å². The first-order chi connectivity index (χ1) is 14.6. The lowest BCUT2D eigenvalue weighted by atomic mass is 10.2. The molecule has 0 saturated carbocycles. The molecule has 2 N–H and O–H groups in total. The van der Waals surface area contributed by atoms with Crippen molar-refractivity contribution in [2.24, 2.45) is 0 Å². The molecular weight excluding hydrogens is 416 g/mol. The van der Waals surface area contributed by atoms with Gasteiger partial charge in [-0.1, -0.05) is 0 Å². The largest absolute Gasteiger partial charge is 0.444 e. The number of hydrogen-bond donors (Lipinski definition) is 2. The van der Waals surface area contributed by atoms with E-state index in [2.05, 4.69) is 34.4 Å². The molecule has 2 heterocycles. The van der Waals surface area contributed by atoms with Gasteiger partial charge in [0, 0.05) is 36.3 Å². The standard InChI is InChI=1S/C22H30N4O4S/c1-14-10-26(11-15(2)29-14)12-18-13-31-20(23-18)25-19(27)16-6-8-17(9-7-16)24-21(28)30-22(3,4)5/h6-9,13-15H,10-12H2,1-5H3,(H,24,28)(H,23,25,27)/t14-,15+. The third kappa shape index (κ3) is 7.30. The molecule has 0 radical (unpaired) electrons. The fourth-order valence-electron chi connectivity index (χ4n) is 3.38. The third-order valence-electron chi connectivity index (χ3n) is 4.45. The topological polar surface area (TPSA) is 92.8 Å². The molecule has 1 saturated heterocycles. The van der Waals surface area contributed by atoms with Crippen LogP contribution in [0.15, 0.2) is 29.6 Å². The highest BCUT2D eigenvalue weighted by molar-refractivity contribution is 7.14. The Hall–Kier alpha value is -2.49. The molecule has 0 unspecified atom stereocenters. The van der Waals surface area contributed by atoms with Crippen molar-refractivity contribution in [1.82, 2.24) is 9.88 Å². The quantitative estimate of drug-likeness (QED) is 0.709. The second-order valence-electron chi connectivity index (χ2n) is 8.75. The predicted octanol–water partition coefficient (Wildman–Crippen LogP) is 4.35. The smallest absolute Gasteiger partial charge is 0.412 e. The molecule has 1 fully saturated rings. The molecule has 0 spiro atoms. The van der Waals surface area contributed by atoms with Gasteiger partial charge in [-0.05, 0) is 58.9 Å². The number of nitrogens with one attached hydrogen (secondary N) is 2. The van der Waals surface area contributed by atoms with Crippen molar-refractivity contribution in [2.75, 3.05) is 23.7 Å². The molecule has 0 aliphatic carbocycles. The Morgan fingerprint density at radius 2 is 1.81 bits per heavy atom. The second-order valence-corrected chi connectivity index (χ2v) is 9.61. The fourth-order valence-corrected chi connectivity index (χ4v) is 4.07. The average molecular weight is 447 g/mol. The third-order valence-corrected chi connectivity index (χ3v) is 5.25. The summed E-state index contributed by atoms with van der Waals surface area (Å²) in [4.78, 5) is 31.2. The molecule has 2 atom stereocenters. The van der Waals surface area contributed by atoms with E-state index in [1.165, 1.54) is 11.3 Å². The number of carbonyl (C=O) groups excluding carboxylic acids is 2. The van der Waals surface area contributed by atoms with Crippen molar-refractivity contribution < 1.29 is 19.1 Å². The number of hydrogen-bond acceptors (Lipinski definition) is 7. The van der Waals surface area contributed by atoms with Gasteiger partial charge >= 0.3 is 6.09 Å². The van der Waals surface area contributed by atoms with Crippen LogP contribution in [0.4, 0.5) is 15.6 Å². The number of ether oxygens (including phenoxy) is 2. The minimum absolute atomic E-state index is 0.203. The van der Waals surface area contributed by atoms with Gasteiger partial charge in [0.15, 0.2) is 5.13 Å². The number of morpholine rings is 1. The molecule has 1 aromatic heterocycles. The van der Waals surface area contributed by atoms with Gasteiger partial charge in [0.1, 0.15) is 5.60 Å². The summed E-state index contributed by atoms with van der Waals surface area (Å²) in [6.07, 6.45) is -0.132. The molecule has 1 aromatic carbocycles.